The molecule has 0 spiro atoms. The second-order valence-corrected chi connectivity index (χ2v) is 1.25. The maximum Gasteiger partial charge on any atom is 3.00 e. The molecule has 7 heteroatoms. The molecule has 1 radical (unpaired) electrons. The molecule has 0 bridgehead atoms. The molecule has 0 aliphatic heterocycles. The van der Waals surface area contributed by atoms with Gasteiger partial charge in [0.15, 0.2) is 0 Å². The summed E-state index contributed by atoms with van der Waals surface area (Å²) in [7, 11) is 0. The topological polar surface area (TPSA) is 124 Å². The predicted molar refractivity (Wildman–Crippen MR) is 22.1 cm³/mol. The van der Waals surface area contributed by atoms with E-state index in [-0.39, 0.29) is 17.1 Å². The van der Waals surface area contributed by atoms with E-state index in [4.69, 9.17) is 20.1 Å². The van der Waals surface area contributed by atoms with Gasteiger partial charge in [0.1, 0.15) is 0 Å². The van der Waals surface area contributed by atoms with Crippen molar-refractivity contribution in [1.82, 2.24) is 0 Å². The maximum atomic E-state index is 9.34. The van der Waals surface area contributed by atoms with Gasteiger partial charge in [-0.05, 0) is 13.1 Å². The second kappa shape index (κ2) is 9.22. The standard InChI is InChI=1S/C3H6O3.CH2O3.Fe/c1-2(4)3(5)6;2-1(3)4;/h2,4H,1H3,(H,5,6);(H2,2,3,4);/q;;+3/p-3. The number of carbonyl (C=O) groups excluding carboxylic acids is 2. The zero-order valence-corrected chi connectivity index (χ0v) is 6.52. The summed E-state index contributed by atoms with van der Waals surface area (Å²) in [5, 5.41) is 34.0. The average molecular weight is 205 g/mol. The molecule has 0 rings (SSSR count). The molecule has 0 aliphatic rings. The Hall–Kier alpha value is -0.781. The third-order valence-corrected chi connectivity index (χ3v) is 0.341. The van der Waals surface area contributed by atoms with Gasteiger partial charge in [0.25, 0.3) is 0 Å². The van der Waals surface area contributed by atoms with Gasteiger partial charge in [-0.3, -0.25) is 0 Å². The van der Waals surface area contributed by atoms with Crippen molar-refractivity contribution >= 4 is 12.1 Å². The van der Waals surface area contributed by atoms with Crippen molar-refractivity contribution in [3.8, 4) is 0 Å². The predicted octanol–water partition coefficient (Wildman–Crippen LogP) is -4.33. The Kier molecular flexibility index (Phi) is 14.0. The Balaban J connectivity index is -0.000000114. The van der Waals surface area contributed by atoms with Gasteiger partial charge in [-0.2, -0.15) is 0 Å². The number of carboxylic acids is 1. The molecule has 1 N–H and O–H groups in total. The monoisotopic (exact) mass is 205 g/mol. The van der Waals surface area contributed by atoms with Crippen molar-refractivity contribution in [3.63, 3.8) is 0 Å². The van der Waals surface area contributed by atoms with E-state index >= 15 is 0 Å². The summed E-state index contributed by atoms with van der Waals surface area (Å²) in [6, 6.07) is 0. The number of hydrogen-bond donors (Lipinski definition) is 1. The Bertz CT molecular complexity index is 118. The van der Waals surface area contributed by atoms with Crippen molar-refractivity contribution in [3.05, 3.63) is 0 Å². The van der Waals surface area contributed by atoms with Crippen LogP contribution < -0.4 is 15.3 Å². The minimum Gasteiger partial charge on any atom is -0.652 e. The summed E-state index contributed by atoms with van der Waals surface area (Å²) < 4.78 is 0. The zero-order valence-electron chi connectivity index (χ0n) is 5.42. The molecule has 0 amide bonds. The van der Waals surface area contributed by atoms with E-state index in [0.29, 0.717) is 0 Å². The van der Waals surface area contributed by atoms with Crippen LogP contribution in [0.25, 0.3) is 0 Å². The van der Waals surface area contributed by atoms with Gasteiger partial charge in [0.05, 0.1) is 12.1 Å². The van der Waals surface area contributed by atoms with Gasteiger partial charge in [-0.1, -0.05) is 0 Å². The van der Waals surface area contributed by atoms with Crippen molar-refractivity contribution in [2.24, 2.45) is 0 Å². The molecule has 65 valence electrons. The Morgan fingerprint density at radius 3 is 1.36 bits per heavy atom. The summed E-state index contributed by atoms with van der Waals surface area (Å²) in [6.07, 6.45) is -3.68. The van der Waals surface area contributed by atoms with Crippen LogP contribution in [0.15, 0.2) is 0 Å². The van der Waals surface area contributed by atoms with E-state index in [1.54, 1.807) is 0 Å². The first kappa shape index (κ1) is 16.7. The van der Waals surface area contributed by atoms with Crippen molar-refractivity contribution in [1.29, 1.82) is 0 Å². The van der Waals surface area contributed by atoms with Gasteiger partial charge in [-0.25, -0.2) is 0 Å². The zero-order chi connectivity index (χ0) is 8.73. The summed E-state index contributed by atoms with van der Waals surface area (Å²) in [5.41, 5.74) is 0. The first-order valence-corrected chi connectivity index (χ1v) is 2.14. The van der Waals surface area contributed by atoms with Crippen LogP contribution >= 0.6 is 0 Å². The van der Waals surface area contributed by atoms with Gasteiger partial charge in [0, 0.05) is 0 Å². The number of carbonyl (C=O) groups is 2. The molecule has 1 atom stereocenters. The van der Waals surface area contributed by atoms with Crippen LogP contribution in [0.4, 0.5) is 4.79 Å². The van der Waals surface area contributed by atoms with E-state index in [1.165, 1.54) is 0 Å². The minimum atomic E-state index is -2.33. The molecule has 0 heterocycles. The molecule has 0 fully saturated rings. The summed E-state index contributed by atoms with van der Waals surface area (Å²) in [6.45, 7) is 1.13. The molecule has 11 heavy (non-hydrogen) atoms. The van der Waals surface area contributed by atoms with E-state index in [1.807, 2.05) is 0 Å². The van der Waals surface area contributed by atoms with Crippen LogP contribution in [-0.2, 0) is 21.9 Å². The van der Waals surface area contributed by atoms with Gasteiger partial charge in [0.2, 0.25) is 0 Å². The van der Waals surface area contributed by atoms with Crippen LogP contribution in [0.2, 0.25) is 0 Å². The molecule has 0 aromatic carbocycles. The van der Waals surface area contributed by atoms with Crippen LogP contribution in [-0.4, -0.2) is 23.3 Å². The molecule has 0 aromatic heterocycles. The quantitative estimate of drug-likeness (QED) is 0.431. The van der Waals surface area contributed by atoms with Crippen molar-refractivity contribution in [2.75, 3.05) is 0 Å². The fraction of sp³-hybridized carbons (Fsp3) is 0.500. The number of aliphatic carboxylic acids is 1. The summed E-state index contributed by atoms with van der Waals surface area (Å²) in [4.78, 5) is 17.7. The molecule has 6 nitrogen and oxygen atoms in total. The largest absolute Gasteiger partial charge is 3.00 e. The van der Waals surface area contributed by atoms with Crippen molar-refractivity contribution in [2.45, 2.75) is 13.0 Å². The van der Waals surface area contributed by atoms with E-state index in [2.05, 4.69) is 0 Å². The van der Waals surface area contributed by atoms with Gasteiger partial charge >= 0.3 is 17.1 Å². The van der Waals surface area contributed by atoms with Gasteiger partial charge in [-0.15, -0.1) is 0 Å². The number of rotatable bonds is 1. The molecule has 0 aliphatic carbocycles. The van der Waals surface area contributed by atoms with Crippen LogP contribution in [0.3, 0.4) is 0 Å². The first-order valence-electron chi connectivity index (χ1n) is 2.14. The maximum absolute atomic E-state index is 9.34. The van der Waals surface area contributed by atoms with Crippen LogP contribution in [0, 0.1) is 0 Å². The normalized spacial score (nSPS) is 9.64. The van der Waals surface area contributed by atoms with Crippen molar-refractivity contribution < 1.29 is 47.1 Å². The Morgan fingerprint density at radius 2 is 1.36 bits per heavy atom. The third kappa shape index (κ3) is 46.4. The molecular weight excluding hydrogens is 200 g/mol. The fourth-order valence-electron chi connectivity index (χ4n) is 0. The fourth-order valence-corrected chi connectivity index (χ4v) is 0. The summed E-state index contributed by atoms with van der Waals surface area (Å²) in [5.74, 6) is -1.44. The molecular formula is C4H5FeO6. The minimum absolute atomic E-state index is 0. The van der Waals surface area contributed by atoms with Gasteiger partial charge < -0.3 is 30.0 Å². The van der Waals surface area contributed by atoms with E-state index in [0.717, 1.165) is 6.92 Å². The number of aliphatic hydroxyl groups is 1. The molecule has 0 saturated heterocycles. The smallest absolute Gasteiger partial charge is 0.652 e. The molecule has 0 saturated carbocycles. The Morgan fingerprint density at radius 1 is 1.27 bits per heavy atom. The number of hydrogen-bond acceptors (Lipinski definition) is 6. The van der Waals surface area contributed by atoms with Crippen LogP contribution in [0.5, 0.6) is 0 Å². The second-order valence-electron chi connectivity index (χ2n) is 1.25. The van der Waals surface area contributed by atoms with E-state index in [9.17, 15) is 9.90 Å². The number of aliphatic hydroxyl groups excluding tert-OH is 1. The number of carboxylic acid groups (broad SMARTS) is 3. The third-order valence-electron chi connectivity index (χ3n) is 0.341. The molecule has 0 aromatic rings. The van der Waals surface area contributed by atoms with E-state index < -0.39 is 18.2 Å². The average Bonchev–Trinajstić information content (AvgIpc) is 1.63. The SMILES string of the molecule is CC(O)C(=O)[O-].O=C([O-])[O-].[Fe+3]. The Labute approximate surface area is 72.9 Å². The molecule has 1 unspecified atom stereocenters. The first-order chi connectivity index (χ1) is 4.37. The summed E-state index contributed by atoms with van der Waals surface area (Å²) >= 11 is 0. The van der Waals surface area contributed by atoms with Crippen LogP contribution in [0.1, 0.15) is 6.92 Å².